The summed E-state index contributed by atoms with van der Waals surface area (Å²) in [5.74, 6) is 0. The second kappa shape index (κ2) is 17.7. The van der Waals surface area contributed by atoms with Gasteiger partial charge in [0.05, 0.1) is 17.1 Å². The van der Waals surface area contributed by atoms with Crippen molar-refractivity contribution < 1.29 is 0 Å². The maximum atomic E-state index is 2.49. The fourth-order valence-electron chi connectivity index (χ4n) is 10.3. The van der Waals surface area contributed by atoms with Gasteiger partial charge in [0.15, 0.2) is 0 Å². The van der Waals surface area contributed by atoms with Crippen molar-refractivity contribution in [2.45, 2.75) is 13.8 Å². The van der Waals surface area contributed by atoms with Gasteiger partial charge in [-0.1, -0.05) is 181 Å². The van der Waals surface area contributed by atoms with Gasteiger partial charge in [0.2, 0.25) is 0 Å². The number of nitrogens with zero attached hydrogens (tertiary/aromatic N) is 3. The molecule has 0 fully saturated rings. The quantitative estimate of drug-likeness (QED) is 0.127. The van der Waals surface area contributed by atoms with E-state index in [-0.39, 0.29) is 0 Å². The summed E-state index contributed by atoms with van der Waals surface area (Å²) in [6.45, 7) is 4.34. The summed E-state index contributed by atoms with van der Waals surface area (Å²) in [7, 11) is 0. The Morgan fingerprint density at radius 1 is 0.246 bits per heavy atom. The van der Waals surface area contributed by atoms with Crippen LogP contribution in [0, 0.1) is 13.8 Å². The second-order valence-corrected chi connectivity index (χ2v) is 17.9. The number of hydrogen-bond donors (Lipinski definition) is 0. The van der Waals surface area contributed by atoms with Crippen LogP contribution < -0.4 is 14.7 Å². The third-order valence-corrected chi connectivity index (χ3v) is 13.5. The van der Waals surface area contributed by atoms with Gasteiger partial charge in [0.1, 0.15) is 0 Å². The van der Waals surface area contributed by atoms with E-state index in [4.69, 9.17) is 0 Å². The van der Waals surface area contributed by atoms with E-state index in [1.165, 1.54) is 38.2 Å². The number of para-hydroxylation sites is 2. The van der Waals surface area contributed by atoms with E-state index in [0.717, 1.165) is 78.3 Å². The first-order chi connectivity index (χ1) is 34.1. The number of anilines is 9. The summed E-state index contributed by atoms with van der Waals surface area (Å²) in [4.78, 5) is 7.33. The number of rotatable bonds is 10. The maximum Gasteiger partial charge on any atom is 0.0619 e. The molecule has 0 spiro atoms. The van der Waals surface area contributed by atoms with Crippen LogP contribution in [0.3, 0.4) is 0 Å². The van der Waals surface area contributed by atoms with E-state index in [9.17, 15) is 0 Å². The summed E-state index contributed by atoms with van der Waals surface area (Å²) in [5.41, 5.74) is 14.6. The molecule has 0 aliphatic rings. The molecule has 0 N–H and O–H groups in total. The van der Waals surface area contributed by atoms with E-state index < -0.39 is 0 Å². The summed E-state index contributed by atoms with van der Waals surface area (Å²) in [5, 5.41) is 9.39. The fourth-order valence-corrected chi connectivity index (χ4v) is 10.3. The Bertz CT molecular complexity index is 3800. The van der Waals surface area contributed by atoms with Crippen LogP contribution in [-0.4, -0.2) is 0 Å². The highest BCUT2D eigenvalue weighted by Gasteiger charge is 2.26. The van der Waals surface area contributed by atoms with Crippen LogP contribution >= 0.6 is 0 Å². The SMILES string of the molecule is Cc1ccc(N(c2cccc(C)c2)c2c3ccc(N(c4ccccc4)c4cccc5ccccc45)cc3c(-c3ccccc3)c3ccc(N(c4ccccc4)c4cccc5ccccc45)cc23)cc1. The van der Waals surface area contributed by atoms with Gasteiger partial charge in [0, 0.05) is 55.7 Å². The second-order valence-electron chi connectivity index (χ2n) is 17.9. The van der Waals surface area contributed by atoms with Gasteiger partial charge in [-0.2, -0.15) is 0 Å². The van der Waals surface area contributed by atoms with Gasteiger partial charge in [-0.3, -0.25) is 0 Å². The first-order valence-corrected chi connectivity index (χ1v) is 23.8. The Balaban J connectivity index is 1.22. The van der Waals surface area contributed by atoms with Gasteiger partial charge in [-0.15, -0.1) is 0 Å². The number of hydrogen-bond acceptors (Lipinski definition) is 3. The Labute approximate surface area is 404 Å². The molecule has 0 heterocycles. The van der Waals surface area contributed by atoms with Gasteiger partial charge in [-0.05, 0) is 137 Å². The summed E-state index contributed by atoms with van der Waals surface area (Å²) < 4.78 is 0. The fraction of sp³-hybridized carbons (Fsp3) is 0.0303. The Hall–Kier alpha value is -8.92. The van der Waals surface area contributed by atoms with Crippen LogP contribution in [0.2, 0.25) is 0 Å². The van der Waals surface area contributed by atoms with Gasteiger partial charge >= 0.3 is 0 Å². The first kappa shape index (κ1) is 41.5. The third kappa shape index (κ3) is 7.61. The molecule has 12 aromatic carbocycles. The Morgan fingerprint density at radius 3 is 1.26 bits per heavy atom. The van der Waals surface area contributed by atoms with Crippen molar-refractivity contribution in [3.05, 3.63) is 272 Å². The molecule has 0 saturated heterocycles. The lowest BCUT2D eigenvalue weighted by Crippen LogP contribution is -2.14. The zero-order valence-corrected chi connectivity index (χ0v) is 38.7. The predicted octanol–water partition coefficient (Wildman–Crippen LogP) is 19.0. The zero-order chi connectivity index (χ0) is 46.3. The number of aryl methyl sites for hydroxylation is 2. The van der Waals surface area contributed by atoms with Crippen LogP contribution in [0.4, 0.5) is 51.2 Å². The zero-order valence-electron chi connectivity index (χ0n) is 38.7. The molecule has 0 aliphatic carbocycles. The molecule has 12 rings (SSSR count). The van der Waals surface area contributed by atoms with Gasteiger partial charge in [-0.25, -0.2) is 0 Å². The Morgan fingerprint density at radius 2 is 0.681 bits per heavy atom. The van der Waals surface area contributed by atoms with Gasteiger partial charge < -0.3 is 14.7 Å². The molecule has 0 unspecified atom stereocenters. The van der Waals surface area contributed by atoms with E-state index in [0.29, 0.717) is 0 Å². The molecular weight excluding hydrogens is 835 g/mol. The minimum Gasteiger partial charge on any atom is -0.310 e. The van der Waals surface area contributed by atoms with Crippen LogP contribution in [0.15, 0.2) is 261 Å². The van der Waals surface area contributed by atoms with Crippen LogP contribution in [0.25, 0.3) is 54.2 Å². The number of benzene rings is 12. The predicted molar refractivity (Wildman–Crippen MR) is 295 cm³/mol. The van der Waals surface area contributed by atoms with Crippen molar-refractivity contribution in [3.63, 3.8) is 0 Å². The highest BCUT2D eigenvalue weighted by Crippen LogP contribution is 2.52. The van der Waals surface area contributed by atoms with Crippen molar-refractivity contribution in [1.29, 1.82) is 0 Å². The molecule has 12 aromatic rings. The first-order valence-electron chi connectivity index (χ1n) is 23.8. The summed E-state index contributed by atoms with van der Waals surface area (Å²) in [6.07, 6.45) is 0. The van der Waals surface area contributed by atoms with Crippen LogP contribution in [-0.2, 0) is 0 Å². The lowest BCUT2D eigenvalue weighted by atomic mass is 9.88. The van der Waals surface area contributed by atoms with E-state index in [1.807, 2.05) is 0 Å². The van der Waals surface area contributed by atoms with Crippen molar-refractivity contribution in [2.24, 2.45) is 0 Å². The maximum absolute atomic E-state index is 2.49. The highest BCUT2D eigenvalue weighted by atomic mass is 15.2. The topological polar surface area (TPSA) is 9.72 Å². The minimum atomic E-state index is 1.07. The van der Waals surface area contributed by atoms with Crippen LogP contribution in [0.5, 0.6) is 0 Å². The van der Waals surface area contributed by atoms with Crippen molar-refractivity contribution in [3.8, 4) is 11.1 Å². The van der Waals surface area contributed by atoms with Crippen molar-refractivity contribution >= 4 is 94.3 Å². The van der Waals surface area contributed by atoms with Crippen LogP contribution in [0.1, 0.15) is 11.1 Å². The largest absolute Gasteiger partial charge is 0.310 e. The standard InChI is InChI=1S/C66H49N3/c1-46-35-37-53(38-36-46)69(54-30-16-19-47(2)43-54)66-60-42-40-55(67(51-26-8-4-9-27-51)63-33-17-24-48-20-12-14-31-57(48)63)44-61(60)65(50-22-6-3-7-23-50)59-41-39-56(45-62(59)66)68(52-28-10-5-11-29-52)64-34-18-25-49-21-13-15-32-58(49)64/h3-45H,1-2H3. The van der Waals surface area contributed by atoms with E-state index >= 15 is 0 Å². The molecule has 3 nitrogen and oxygen atoms in total. The smallest absolute Gasteiger partial charge is 0.0619 e. The van der Waals surface area contributed by atoms with E-state index in [2.05, 4.69) is 289 Å². The average molecular weight is 884 g/mol. The number of fused-ring (bicyclic) bond motifs is 4. The lowest BCUT2D eigenvalue weighted by molar-refractivity contribution is 1.28. The minimum absolute atomic E-state index is 1.07. The molecule has 3 heteroatoms. The molecule has 0 atom stereocenters. The van der Waals surface area contributed by atoms with Crippen molar-refractivity contribution in [2.75, 3.05) is 14.7 Å². The molecule has 0 amide bonds. The molecule has 0 aromatic heterocycles. The van der Waals surface area contributed by atoms with Crippen molar-refractivity contribution in [1.82, 2.24) is 0 Å². The summed E-state index contributed by atoms with van der Waals surface area (Å²) in [6, 6.07) is 95.3. The monoisotopic (exact) mass is 883 g/mol. The molecule has 328 valence electrons. The molecular formula is C66H49N3. The molecule has 0 radical (unpaired) electrons. The molecule has 69 heavy (non-hydrogen) atoms. The molecule has 0 aliphatic heterocycles. The highest BCUT2D eigenvalue weighted by molar-refractivity contribution is 6.24. The van der Waals surface area contributed by atoms with E-state index in [1.54, 1.807) is 0 Å². The normalized spacial score (nSPS) is 11.3. The van der Waals surface area contributed by atoms with Gasteiger partial charge in [0.25, 0.3) is 0 Å². The summed E-state index contributed by atoms with van der Waals surface area (Å²) >= 11 is 0. The third-order valence-electron chi connectivity index (χ3n) is 13.5. The average Bonchev–Trinajstić information content (AvgIpc) is 3.40. The lowest BCUT2D eigenvalue weighted by Gasteiger charge is -2.32. The molecule has 0 saturated carbocycles. The molecule has 0 bridgehead atoms. The Kier molecular flexibility index (Phi) is 10.7.